The Kier molecular flexibility index (Phi) is 4.54. The van der Waals surface area contributed by atoms with Crippen LogP contribution in [0.3, 0.4) is 0 Å². The van der Waals surface area contributed by atoms with Gasteiger partial charge in [-0.15, -0.1) is 5.10 Å². The average Bonchev–Trinajstić information content (AvgIpc) is 2.97. The number of likely N-dealkylation sites (N-methyl/N-ethyl adjacent to an activating group) is 1. The second kappa shape index (κ2) is 6.75. The number of para-hydroxylation sites is 1. The lowest BCUT2D eigenvalue weighted by molar-refractivity contribution is 0.00839. The lowest BCUT2D eigenvalue weighted by Crippen LogP contribution is -2.44. The molecular weight excluding hydrogens is 268 g/mol. The first-order valence-electron chi connectivity index (χ1n) is 7.16. The molecule has 0 spiro atoms. The van der Waals surface area contributed by atoms with E-state index in [9.17, 15) is 0 Å². The van der Waals surface area contributed by atoms with Gasteiger partial charge >= 0.3 is 0 Å². The summed E-state index contributed by atoms with van der Waals surface area (Å²) in [6.45, 7) is 4.15. The SMILES string of the molecule is CN(Cc1nnnn1-c1ccccc1)CC1CNCCO1. The largest absolute Gasteiger partial charge is 0.374 e. The normalized spacial score (nSPS) is 19.0. The third-order valence-corrected chi connectivity index (χ3v) is 3.47. The summed E-state index contributed by atoms with van der Waals surface area (Å²) in [4.78, 5) is 2.18. The van der Waals surface area contributed by atoms with Crippen molar-refractivity contribution in [3.05, 3.63) is 36.2 Å². The molecule has 7 nitrogen and oxygen atoms in total. The van der Waals surface area contributed by atoms with Crippen LogP contribution in [0.1, 0.15) is 5.82 Å². The number of morpholine rings is 1. The highest BCUT2D eigenvalue weighted by atomic mass is 16.5. The standard InChI is InChI=1S/C14H20N6O/c1-19(10-13-9-15-7-8-21-13)11-14-16-17-18-20(14)12-5-3-2-4-6-12/h2-6,13,15H,7-11H2,1H3. The van der Waals surface area contributed by atoms with Crippen molar-refractivity contribution < 1.29 is 4.74 Å². The first kappa shape index (κ1) is 14.1. The summed E-state index contributed by atoms with van der Waals surface area (Å²) >= 11 is 0. The number of hydrogen-bond acceptors (Lipinski definition) is 6. The van der Waals surface area contributed by atoms with Crippen LogP contribution in [0, 0.1) is 0 Å². The molecule has 2 heterocycles. The van der Waals surface area contributed by atoms with Crippen LogP contribution in [0.2, 0.25) is 0 Å². The molecule has 1 atom stereocenters. The second-order valence-corrected chi connectivity index (χ2v) is 5.24. The molecule has 0 radical (unpaired) electrons. The van der Waals surface area contributed by atoms with Gasteiger partial charge in [-0.1, -0.05) is 18.2 Å². The molecule has 3 rings (SSSR count). The molecular formula is C14H20N6O. The van der Waals surface area contributed by atoms with Crippen LogP contribution in [-0.4, -0.2) is 64.5 Å². The van der Waals surface area contributed by atoms with Gasteiger partial charge in [0, 0.05) is 19.6 Å². The van der Waals surface area contributed by atoms with E-state index in [-0.39, 0.29) is 6.10 Å². The van der Waals surface area contributed by atoms with Crippen molar-refractivity contribution in [1.29, 1.82) is 0 Å². The number of nitrogens with one attached hydrogen (secondary N) is 1. The summed E-state index contributed by atoms with van der Waals surface area (Å²) in [5.41, 5.74) is 0.974. The first-order chi connectivity index (χ1) is 10.3. The molecule has 0 bridgehead atoms. The topological polar surface area (TPSA) is 68.1 Å². The molecule has 0 aliphatic carbocycles. The zero-order chi connectivity index (χ0) is 14.5. The summed E-state index contributed by atoms with van der Waals surface area (Å²) in [7, 11) is 2.06. The Bertz CT molecular complexity index is 552. The van der Waals surface area contributed by atoms with Crippen molar-refractivity contribution in [2.45, 2.75) is 12.6 Å². The smallest absolute Gasteiger partial charge is 0.170 e. The highest BCUT2D eigenvalue weighted by Gasteiger charge is 2.17. The average molecular weight is 288 g/mol. The maximum atomic E-state index is 5.72. The molecule has 0 saturated carbocycles. The third-order valence-electron chi connectivity index (χ3n) is 3.47. The van der Waals surface area contributed by atoms with Crippen molar-refractivity contribution in [1.82, 2.24) is 30.4 Å². The molecule has 2 aromatic rings. The van der Waals surface area contributed by atoms with Crippen LogP contribution in [0.25, 0.3) is 5.69 Å². The minimum Gasteiger partial charge on any atom is -0.374 e. The van der Waals surface area contributed by atoms with Crippen molar-refractivity contribution >= 4 is 0 Å². The quantitative estimate of drug-likeness (QED) is 0.840. The van der Waals surface area contributed by atoms with E-state index >= 15 is 0 Å². The van der Waals surface area contributed by atoms with E-state index in [1.165, 1.54) is 0 Å². The van der Waals surface area contributed by atoms with E-state index in [0.29, 0.717) is 6.54 Å². The molecule has 21 heavy (non-hydrogen) atoms. The van der Waals surface area contributed by atoms with Crippen LogP contribution in [0.4, 0.5) is 0 Å². The Labute approximate surface area is 123 Å². The zero-order valence-corrected chi connectivity index (χ0v) is 12.1. The van der Waals surface area contributed by atoms with Gasteiger partial charge in [0.05, 0.1) is 24.9 Å². The molecule has 1 saturated heterocycles. The highest BCUT2D eigenvalue weighted by molar-refractivity contribution is 5.30. The number of hydrogen-bond donors (Lipinski definition) is 1. The Morgan fingerprint density at radius 2 is 2.24 bits per heavy atom. The van der Waals surface area contributed by atoms with E-state index in [1.807, 2.05) is 30.3 Å². The Hall–Kier alpha value is -1.83. The molecule has 112 valence electrons. The summed E-state index contributed by atoms with van der Waals surface area (Å²) in [5, 5.41) is 15.3. The monoisotopic (exact) mass is 288 g/mol. The van der Waals surface area contributed by atoms with Gasteiger partial charge in [0.25, 0.3) is 0 Å². The van der Waals surface area contributed by atoms with Crippen LogP contribution in [-0.2, 0) is 11.3 Å². The molecule has 1 unspecified atom stereocenters. The molecule has 1 aromatic heterocycles. The highest BCUT2D eigenvalue weighted by Crippen LogP contribution is 2.09. The molecule has 1 fully saturated rings. The molecule has 0 amide bonds. The summed E-state index contributed by atoms with van der Waals surface area (Å²) < 4.78 is 7.49. The lowest BCUT2D eigenvalue weighted by atomic mass is 10.3. The Balaban J connectivity index is 1.64. The van der Waals surface area contributed by atoms with Crippen LogP contribution >= 0.6 is 0 Å². The molecule has 1 N–H and O–H groups in total. The van der Waals surface area contributed by atoms with Gasteiger partial charge in [0.1, 0.15) is 0 Å². The molecule has 7 heteroatoms. The first-order valence-corrected chi connectivity index (χ1v) is 7.16. The van der Waals surface area contributed by atoms with Gasteiger partial charge in [-0.25, -0.2) is 0 Å². The molecule has 1 aliphatic heterocycles. The predicted octanol–water partition coefficient (Wildman–Crippen LogP) is 0.0825. The van der Waals surface area contributed by atoms with Crippen LogP contribution in [0.5, 0.6) is 0 Å². The fourth-order valence-corrected chi connectivity index (χ4v) is 2.46. The number of aromatic nitrogens is 4. The van der Waals surface area contributed by atoms with Gasteiger partial charge in [-0.2, -0.15) is 4.68 Å². The fraction of sp³-hybridized carbons (Fsp3) is 0.500. The maximum absolute atomic E-state index is 5.72. The van der Waals surface area contributed by atoms with E-state index in [0.717, 1.165) is 37.8 Å². The minimum absolute atomic E-state index is 0.227. The predicted molar refractivity (Wildman–Crippen MR) is 78.1 cm³/mol. The van der Waals surface area contributed by atoms with Crippen molar-refractivity contribution in [3.8, 4) is 5.69 Å². The summed E-state index contributed by atoms with van der Waals surface area (Å²) in [6.07, 6.45) is 0.227. The van der Waals surface area contributed by atoms with Crippen LogP contribution in [0.15, 0.2) is 30.3 Å². The number of nitrogens with zero attached hydrogens (tertiary/aromatic N) is 5. The number of rotatable bonds is 5. The van der Waals surface area contributed by atoms with E-state index in [2.05, 4.69) is 32.8 Å². The number of benzene rings is 1. The number of ether oxygens (including phenoxy) is 1. The maximum Gasteiger partial charge on any atom is 0.170 e. The van der Waals surface area contributed by atoms with Gasteiger partial charge in [-0.3, -0.25) is 4.90 Å². The molecule has 1 aromatic carbocycles. The minimum atomic E-state index is 0.227. The van der Waals surface area contributed by atoms with Crippen molar-refractivity contribution in [2.75, 3.05) is 33.3 Å². The summed E-state index contributed by atoms with van der Waals surface area (Å²) in [6, 6.07) is 9.92. The fourth-order valence-electron chi connectivity index (χ4n) is 2.46. The Morgan fingerprint density at radius 3 is 3.00 bits per heavy atom. The number of tetrazole rings is 1. The van der Waals surface area contributed by atoms with E-state index in [1.54, 1.807) is 4.68 Å². The van der Waals surface area contributed by atoms with Gasteiger partial charge in [-0.05, 0) is 29.6 Å². The zero-order valence-electron chi connectivity index (χ0n) is 12.1. The van der Waals surface area contributed by atoms with E-state index in [4.69, 9.17) is 4.74 Å². The van der Waals surface area contributed by atoms with Gasteiger partial charge in [0.2, 0.25) is 0 Å². The Morgan fingerprint density at radius 1 is 1.38 bits per heavy atom. The summed E-state index contributed by atoms with van der Waals surface area (Å²) in [5.74, 6) is 0.826. The lowest BCUT2D eigenvalue weighted by Gasteiger charge is -2.27. The van der Waals surface area contributed by atoms with Crippen LogP contribution < -0.4 is 5.32 Å². The van der Waals surface area contributed by atoms with Gasteiger partial charge in [0.15, 0.2) is 5.82 Å². The van der Waals surface area contributed by atoms with Crippen molar-refractivity contribution in [3.63, 3.8) is 0 Å². The molecule has 1 aliphatic rings. The van der Waals surface area contributed by atoms with Gasteiger partial charge < -0.3 is 10.1 Å². The van der Waals surface area contributed by atoms with E-state index < -0.39 is 0 Å². The van der Waals surface area contributed by atoms with Crippen molar-refractivity contribution in [2.24, 2.45) is 0 Å². The third kappa shape index (κ3) is 3.63. The second-order valence-electron chi connectivity index (χ2n) is 5.24.